The molecule has 0 saturated heterocycles. The van der Waals surface area contributed by atoms with Crippen molar-refractivity contribution in [2.75, 3.05) is 5.88 Å². The first-order valence-electron chi connectivity index (χ1n) is 3.42. The van der Waals surface area contributed by atoms with Gasteiger partial charge in [0.05, 0.1) is 0 Å². The fraction of sp³-hybridized carbons (Fsp3) is 1.00. The second-order valence-corrected chi connectivity index (χ2v) is 4.04. The van der Waals surface area contributed by atoms with Crippen LogP contribution < -0.4 is 0 Å². The maximum atomic E-state index is 5.93. The molecule has 1 nitrogen and oxygen atoms in total. The van der Waals surface area contributed by atoms with Gasteiger partial charge in [-0.25, -0.2) is 0 Å². The van der Waals surface area contributed by atoms with Crippen molar-refractivity contribution in [2.45, 2.75) is 31.2 Å². The summed E-state index contributed by atoms with van der Waals surface area (Å²) in [6.45, 7) is 1.90. The number of halogens is 2. The van der Waals surface area contributed by atoms with Crippen LogP contribution in [0.1, 0.15) is 26.2 Å². The van der Waals surface area contributed by atoms with E-state index < -0.39 is 5.06 Å². The minimum Gasteiger partial charge on any atom is -0.410 e. The third kappa shape index (κ3) is 5.53. The minimum atomic E-state index is -0.432. The molecule has 0 amide bonds. The second-order valence-electron chi connectivity index (χ2n) is 2.45. The van der Waals surface area contributed by atoms with Crippen molar-refractivity contribution >= 4 is 33.7 Å². The summed E-state index contributed by atoms with van der Waals surface area (Å²) in [6.07, 6.45) is 2.96. The quantitative estimate of drug-likeness (QED) is 0.373. The second kappa shape index (κ2) is 5.41. The Hall–Kier alpha value is 0.757. The van der Waals surface area contributed by atoms with Crippen LogP contribution in [0.4, 0.5) is 0 Å². The van der Waals surface area contributed by atoms with Gasteiger partial charge in [-0.15, -0.1) is 11.6 Å². The van der Waals surface area contributed by atoms with Crippen LogP contribution in [0.15, 0.2) is 0 Å². The molecule has 0 aliphatic rings. The molecule has 0 spiro atoms. The summed E-state index contributed by atoms with van der Waals surface area (Å²) in [6, 6.07) is 0. The van der Waals surface area contributed by atoms with Crippen LogP contribution in [-0.2, 0) is 4.43 Å². The smallest absolute Gasteiger partial charge is 0.148 e. The van der Waals surface area contributed by atoms with Gasteiger partial charge >= 0.3 is 0 Å². The van der Waals surface area contributed by atoms with Crippen molar-refractivity contribution in [3.8, 4) is 0 Å². The van der Waals surface area contributed by atoms with Crippen LogP contribution in [0, 0.1) is 0 Å². The van der Waals surface area contributed by atoms with Gasteiger partial charge in [0.15, 0.2) is 0 Å². The van der Waals surface area contributed by atoms with Crippen molar-refractivity contribution in [3.63, 3.8) is 0 Å². The summed E-state index contributed by atoms with van der Waals surface area (Å²) >= 11 is 11.4. The van der Waals surface area contributed by atoms with Gasteiger partial charge < -0.3 is 4.43 Å². The zero-order valence-electron chi connectivity index (χ0n) is 6.49. The lowest BCUT2D eigenvalue weighted by Gasteiger charge is -2.20. The number of unbranched alkanes of at least 4 members (excludes halogenated alkanes) is 1. The predicted octanol–water partition coefficient (Wildman–Crippen LogP) is 1.65. The van der Waals surface area contributed by atoms with Gasteiger partial charge in [0.25, 0.3) is 0 Å². The van der Waals surface area contributed by atoms with Gasteiger partial charge in [-0.3, -0.25) is 0 Å². The third-order valence-electron chi connectivity index (χ3n) is 1.43. The molecule has 0 aromatic rings. The number of hydrogen-bond donors (Lipinski definition) is 0. The molecule has 0 aromatic carbocycles. The SMILES string of the molecule is CC(Cl)(CCCCCl)O[SiH3]. The average Bonchev–Trinajstić information content (AvgIpc) is 1.89. The zero-order chi connectivity index (χ0) is 8.04. The average molecular weight is 201 g/mol. The molecule has 1 unspecified atom stereocenters. The van der Waals surface area contributed by atoms with E-state index in [4.69, 9.17) is 27.6 Å². The molecule has 0 bridgehead atoms. The van der Waals surface area contributed by atoms with Gasteiger partial charge in [-0.1, -0.05) is 11.6 Å². The molecule has 0 radical (unpaired) electrons. The van der Waals surface area contributed by atoms with E-state index in [1.165, 1.54) is 0 Å². The lowest BCUT2D eigenvalue weighted by Crippen LogP contribution is -2.19. The van der Waals surface area contributed by atoms with E-state index in [-0.39, 0.29) is 0 Å². The van der Waals surface area contributed by atoms with Crippen LogP contribution in [0.25, 0.3) is 0 Å². The van der Waals surface area contributed by atoms with Crippen LogP contribution >= 0.6 is 23.2 Å². The molecule has 0 heterocycles. The fourth-order valence-electron chi connectivity index (χ4n) is 0.637. The van der Waals surface area contributed by atoms with Crippen LogP contribution in [0.3, 0.4) is 0 Å². The molecule has 0 aromatic heterocycles. The lowest BCUT2D eigenvalue weighted by molar-refractivity contribution is 0.181. The van der Waals surface area contributed by atoms with Crippen LogP contribution in [-0.4, -0.2) is 21.4 Å². The van der Waals surface area contributed by atoms with Crippen molar-refractivity contribution in [3.05, 3.63) is 0 Å². The molecule has 0 aliphatic heterocycles. The van der Waals surface area contributed by atoms with Gasteiger partial charge in [0.2, 0.25) is 0 Å². The highest BCUT2D eigenvalue weighted by Gasteiger charge is 2.16. The monoisotopic (exact) mass is 200 g/mol. The summed E-state index contributed by atoms with van der Waals surface area (Å²) in [4.78, 5) is 0. The Kier molecular flexibility index (Phi) is 5.82. The van der Waals surface area contributed by atoms with Crippen LogP contribution in [0.5, 0.6) is 0 Å². The first kappa shape index (κ1) is 10.8. The zero-order valence-corrected chi connectivity index (χ0v) is 10.0. The maximum absolute atomic E-state index is 5.93. The van der Waals surface area contributed by atoms with E-state index in [1.807, 2.05) is 6.92 Å². The first-order valence-corrected chi connectivity index (χ1v) is 5.15. The molecule has 0 aliphatic carbocycles. The van der Waals surface area contributed by atoms with E-state index in [0.29, 0.717) is 16.4 Å². The molecule has 0 saturated carbocycles. The Morgan fingerprint density at radius 2 is 2.10 bits per heavy atom. The molecular formula is C6H14Cl2OSi. The molecular weight excluding hydrogens is 187 g/mol. The van der Waals surface area contributed by atoms with E-state index in [0.717, 1.165) is 19.3 Å². The third-order valence-corrected chi connectivity index (χ3v) is 3.20. The van der Waals surface area contributed by atoms with Crippen molar-refractivity contribution < 1.29 is 4.43 Å². The summed E-state index contributed by atoms with van der Waals surface area (Å²) in [7, 11) is 0.701. The Bertz CT molecular complexity index is 87.8. The normalized spacial score (nSPS) is 17.1. The van der Waals surface area contributed by atoms with E-state index in [1.54, 1.807) is 0 Å². The topological polar surface area (TPSA) is 9.23 Å². The Labute approximate surface area is 75.6 Å². The highest BCUT2D eigenvalue weighted by molar-refractivity contribution is 6.24. The Morgan fingerprint density at radius 3 is 2.50 bits per heavy atom. The predicted molar refractivity (Wildman–Crippen MR) is 49.9 cm³/mol. The molecule has 0 fully saturated rings. The number of alkyl halides is 2. The van der Waals surface area contributed by atoms with Gasteiger partial charge in [0, 0.05) is 5.88 Å². The summed E-state index contributed by atoms with van der Waals surface area (Å²) in [5.74, 6) is 0.716. The van der Waals surface area contributed by atoms with Crippen molar-refractivity contribution in [2.24, 2.45) is 0 Å². The van der Waals surface area contributed by atoms with Gasteiger partial charge in [-0.2, -0.15) is 0 Å². The minimum absolute atomic E-state index is 0.432. The highest BCUT2D eigenvalue weighted by atomic mass is 35.5. The lowest BCUT2D eigenvalue weighted by atomic mass is 10.2. The fourth-order valence-corrected chi connectivity index (χ4v) is 1.16. The van der Waals surface area contributed by atoms with E-state index in [9.17, 15) is 0 Å². The molecule has 1 atom stereocenters. The first-order chi connectivity index (χ1) is 4.62. The van der Waals surface area contributed by atoms with E-state index in [2.05, 4.69) is 0 Å². The summed E-state index contributed by atoms with van der Waals surface area (Å²) in [5.41, 5.74) is 0. The van der Waals surface area contributed by atoms with Gasteiger partial charge in [0.1, 0.15) is 15.5 Å². The number of rotatable bonds is 5. The summed E-state index contributed by atoms with van der Waals surface area (Å²) in [5, 5.41) is -0.432. The molecule has 10 heavy (non-hydrogen) atoms. The van der Waals surface area contributed by atoms with E-state index >= 15 is 0 Å². The molecule has 62 valence electrons. The largest absolute Gasteiger partial charge is 0.410 e. The Morgan fingerprint density at radius 1 is 1.50 bits per heavy atom. The molecule has 0 N–H and O–H groups in total. The van der Waals surface area contributed by atoms with Crippen molar-refractivity contribution in [1.82, 2.24) is 0 Å². The number of hydrogen-bond acceptors (Lipinski definition) is 1. The molecule has 4 heteroatoms. The highest BCUT2D eigenvalue weighted by Crippen LogP contribution is 2.21. The van der Waals surface area contributed by atoms with Crippen LogP contribution in [0.2, 0.25) is 0 Å². The molecule has 0 rings (SSSR count). The summed E-state index contributed by atoms with van der Waals surface area (Å²) < 4.78 is 5.15. The maximum Gasteiger partial charge on any atom is 0.148 e. The van der Waals surface area contributed by atoms with Crippen molar-refractivity contribution in [1.29, 1.82) is 0 Å². The standard InChI is InChI=1S/C6H14Cl2OSi/c1-6(8,9-10)4-2-3-5-7/h2-5H2,1,10H3. The Balaban J connectivity index is 3.28. The van der Waals surface area contributed by atoms with Gasteiger partial charge in [-0.05, 0) is 26.2 Å².